The van der Waals surface area contributed by atoms with Crippen molar-refractivity contribution in [3.8, 4) is 11.4 Å². The standard InChI is InChI=1S/C21H24N6O3/c28-21(19-16-5-1-2-6-17(16)24-25-19)27-11-3-4-15(12-27)29-13-18-23-20(26-30-18)14-7-9-22-10-8-14/h7-10,15H,1-6,11-13H2,(H,24,25). The number of rotatable bonds is 5. The average molecular weight is 408 g/mol. The number of aromatic amines is 1. The highest BCUT2D eigenvalue weighted by Crippen LogP contribution is 2.25. The fourth-order valence-corrected chi connectivity index (χ4v) is 4.19. The third kappa shape index (κ3) is 3.85. The lowest BCUT2D eigenvalue weighted by Crippen LogP contribution is -2.43. The Hall–Kier alpha value is -3.07. The van der Waals surface area contributed by atoms with Gasteiger partial charge in [-0.25, -0.2) is 0 Å². The van der Waals surface area contributed by atoms with Crippen LogP contribution >= 0.6 is 0 Å². The van der Waals surface area contributed by atoms with Crippen molar-refractivity contribution in [2.45, 2.75) is 51.2 Å². The highest BCUT2D eigenvalue weighted by atomic mass is 16.5. The van der Waals surface area contributed by atoms with Gasteiger partial charge < -0.3 is 14.2 Å². The van der Waals surface area contributed by atoms with Gasteiger partial charge in [0.05, 0.1) is 6.10 Å². The van der Waals surface area contributed by atoms with Crippen molar-refractivity contribution in [3.63, 3.8) is 0 Å². The van der Waals surface area contributed by atoms with Gasteiger partial charge in [0.2, 0.25) is 5.82 Å². The molecule has 9 heteroatoms. The summed E-state index contributed by atoms with van der Waals surface area (Å²) in [5.41, 5.74) is 3.65. The SMILES string of the molecule is O=C(c1n[nH]c2c1CCCC2)N1CCCC(OCc2nc(-c3ccncc3)no2)C1. The van der Waals surface area contributed by atoms with Crippen molar-refractivity contribution in [2.75, 3.05) is 13.1 Å². The normalized spacial score (nSPS) is 18.9. The highest BCUT2D eigenvalue weighted by Gasteiger charge is 2.30. The van der Waals surface area contributed by atoms with E-state index in [1.807, 2.05) is 17.0 Å². The quantitative estimate of drug-likeness (QED) is 0.691. The highest BCUT2D eigenvalue weighted by molar-refractivity contribution is 5.94. The second-order valence-electron chi connectivity index (χ2n) is 7.81. The van der Waals surface area contributed by atoms with Crippen LogP contribution in [0.3, 0.4) is 0 Å². The number of likely N-dealkylation sites (tertiary alicyclic amines) is 1. The Kier molecular flexibility index (Phi) is 5.27. The van der Waals surface area contributed by atoms with Crippen LogP contribution in [0.1, 0.15) is 53.3 Å². The number of hydrogen-bond acceptors (Lipinski definition) is 7. The lowest BCUT2D eigenvalue weighted by Gasteiger charge is -2.32. The number of pyridine rings is 1. The predicted octanol–water partition coefficient (Wildman–Crippen LogP) is 2.55. The fourth-order valence-electron chi connectivity index (χ4n) is 4.19. The van der Waals surface area contributed by atoms with E-state index in [1.54, 1.807) is 12.4 Å². The van der Waals surface area contributed by atoms with Gasteiger partial charge in [0.15, 0.2) is 5.69 Å². The van der Waals surface area contributed by atoms with E-state index in [4.69, 9.17) is 9.26 Å². The first-order valence-corrected chi connectivity index (χ1v) is 10.5. The smallest absolute Gasteiger partial charge is 0.274 e. The van der Waals surface area contributed by atoms with E-state index in [0.717, 1.165) is 61.9 Å². The molecule has 30 heavy (non-hydrogen) atoms. The van der Waals surface area contributed by atoms with Gasteiger partial charge in [-0.2, -0.15) is 10.1 Å². The minimum Gasteiger partial charge on any atom is -0.367 e. The number of fused-ring (bicyclic) bond motifs is 1. The Morgan fingerprint density at radius 3 is 3.00 bits per heavy atom. The third-order valence-corrected chi connectivity index (χ3v) is 5.77. The number of aryl methyl sites for hydroxylation is 1. The number of piperidine rings is 1. The number of carbonyl (C=O) groups is 1. The zero-order valence-corrected chi connectivity index (χ0v) is 16.7. The molecule has 0 bridgehead atoms. The molecule has 2 aliphatic rings. The molecule has 1 unspecified atom stereocenters. The Morgan fingerprint density at radius 1 is 1.23 bits per heavy atom. The minimum absolute atomic E-state index is 0.000429. The van der Waals surface area contributed by atoms with E-state index in [-0.39, 0.29) is 18.6 Å². The zero-order chi connectivity index (χ0) is 20.3. The van der Waals surface area contributed by atoms with Crippen molar-refractivity contribution < 1.29 is 14.1 Å². The van der Waals surface area contributed by atoms with E-state index < -0.39 is 0 Å². The zero-order valence-electron chi connectivity index (χ0n) is 16.7. The van der Waals surface area contributed by atoms with Gasteiger partial charge in [-0.1, -0.05) is 5.16 Å². The number of hydrogen-bond donors (Lipinski definition) is 1. The fraction of sp³-hybridized carbons (Fsp3) is 0.476. The van der Waals surface area contributed by atoms with E-state index in [0.29, 0.717) is 24.0 Å². The lowest BCUT2D eigenvalue weighted by molar-refractivity contribution is -0.0155. The number of ether oxygens (including phenoxy) is 1. The molecule has 1 N–H and O–H groups in total. The van der Waals surface area contributed by atoms with Crippen molar-refractivity contribution in [2.24, 2.45) is 0 Å². The van der Waals surface area contributed by atoms with Gasteiger partial charge in [0.1, 0.15) is 6.61 Å². The molecule has 1 aliphatic carbocycles. The van der Waals surface area contributed by atoms with E-state index in [2.05, 4.69) is 25.3 Å². The maximum absolute atomic E-state index is 13.1. The molecule has 156 valence electrons. The number of carbonyl (C=O) groups excluding carboxylic acids is 1. The van der Waals surface area contributed by atoms with Crippen LogP contribution in [0.5, 0.6) is 0 Å². The first-order chi connectivity index (χ1) is 14.8. The molecule has 1 amide bonds. The Bertz CT molecular complexity index is 1010. The summed E-state index contributed by atoms with van der Waals surface area (Å²) >= 11 is 0. The molecule has 0 spiro atoms. The largest absolute Gasteiger partial charge is 0.367 e. The number of nitrogens with one attached hydrogen (secondary N) is 1. The first kappa shape index (κ1) is 18.9. The van der Waals surface area contributed by atoms with E-state index >= 15 is 0 Å². The molecule has 0 saturated carbocycles. The molecule has 1 aliphatic heterocycles. The van der Waals surface area contributed by atoms with Gasteiger partial charge in [-0.05, 0) is 50.7 Å². The van der Waals surface area contributed by atoms with Crippen molar-refractivity contribution >= 4 is 5.91 Å². The average Bonchev–Trinajstić information content (AvgIpc) is 3.45. The lowest BCUT2D eigenvalue weighted by atomic mass is 9.95. The molecule has 9 nitrogen and oxygen atoms in total. The van der Waals surface area contributed by atoms with Crippen LogP contribution in [0.25, 0.3) is 11.4 Å². The summed E-state index contributed by atoms with van der Waals surface area (Å²) in [6.07, 6.45) is 9.28. The third-order valence-electron chi connectivity index (χ3n) is 5.77. The van der Waals surface area contributed by atoms with Crippen LogP contribution in [0, 0.1) is 0 Å². The Labute approximate surface area is 173 Å². The molecule has 1 fully saturated rings. The van der Waals surface area contributed by atoms with Gasteiger partial charge >= 0.3 is 0 Å². The molecular formula is C21H24N6O3. The van der Waals surface area contributed by atoms with Crippen molar-refractivity contribution in [1.29, 1.82) is 0 Å². The van der Waals surface area contributed by atoms with Crippen molar-refractivity contribution in [3.05, 3.63) is 47.4 Å². The van der Waals surface area contributed by atoms with Crippen LogP contribution in [0.2, 0.25) is 0 Å². The summed E-state index contributed by atoms with van der Waals surface area (Å²) in [5, 5.41) is 11.4. The van der Waals surface area contributed by atoms with Crippen LogP contribution in [-0.2, 0) is 24.2 Å². The Balaban J connectivity index is 1.20. The predicted molar refractivity (Wildman–Crippen MR) is 106 cm³/mol. The number of nitrogens with zero attached hydrogens (tertiary/aromatic N) is 5. The summed E-state index contributed by atoms with van der Waals surface area (Å²) in [6.45, 7) is 1.50. The molecule has 5 rings (SSSR count). The summed E-state index contributed by atoms with van der Waals surface area (Å²) in [4.78, 5) is 23.3. The van der Waals surface area contributed by atoms with E-state index in [9.17, 15) is 4.79 Å². The molecule has 1 atom stereocenters. The number of H-pyrrole nitrogens is 1. The molecule has 3 aromatic rings. The van der Waals surface area contributed by atoms with Gasteiger partial charge in [0.25, 0.3) is 11.8 Å². The summed E-state index contributed by atoms with van der Waals surface area (Å²) in [5.74, 6) is 0.937. The summed E-state index contributed by atoms with van der Waals surface area (Å²) in [6, 6.07) is 3.65. The van der Waals surface area contributed by atoms with E-state index in [1.165, 1.54) is 0 Å². The molecule has 0 aromatic carbocycles. The minimum atomic E-state index is -0.0613. The first-order valence-electron chi connectivity index (χ1n) is 10.5. The molecule has 3 aromatic heterocycles. The van der Waals surface area contributed by atoms with Crippen LogP contribution in [0.4, 0.5) is 0 Å². The monoisotopic (exact) mass is 408 g/mol. The van der Waals surface area contributed by atoms with Crippen LogP contribution in [-0.4, -0.2) is 55.3 Å². The second kappa shape index (κ2) is 8.35. The molecule has 1 saturated heterocycles. The maximum atomic E-state index is 13.1. The summed E-state index contributed by atoms with van der Waals surface area (Å²) < 4.78 is 11.3. The van der Waals surface area contributed by atoms with Gasteiger partial charge in [-0.3, -0.25) is 14.9 Å². The topological polar surface area (TPSA) is 110 Å². The second-order valence-corrected chi connectivity index (χ2v) is 7.81. The Morgan fingerprint density at radius 2 is 2.10 bits per heavy atom. The number of aromatic nitrogens is 5. The maximum Gasteiger partial charge on any atom is 0.274 e. The number of amides is 1. The van der Waals surface area contributed by atoms with Crippen LogP contribution in [0.15, 0.2) is 29.0 Å². The van der Waals surface area contributed by atoms with Gasteiger partial charge in [-0.15, -0.1) is 0 Å². The summed E-state index contributed by atoms with van der Waals surface area (Å²) in [7, 11) is 0. The van der Waals surface area contributed by atoms with Crippen molar-refractivity contribution in [1.82, 2.24) is 30.2 Å². The molecular weight excluding hydrogens is 384 g/mol. The molecule has 0 radical (unpaired) electrons. The van der Waals surface area contributed by atoms with Crippen LogP contribution < -0.4 is 0 Å². The molecule has 4 heterocycles. The van der Waals surface area contributed by atoms with Gasteiger partial charge in [0, 0.05) is 42.3 Å².